The fraction of sp³-hybridized carbons (Fsp3) is 0.250. The Morgan fingerprint density at radius 2 is 2.19 bits per heavy atom. The van der Waals surface area contributed by atoms with Crippen LogP contribution in [0.25, 0.3) is 10.9 Å². The van der Waals surface area contributed by atoms with Gasteiger partial charge in [0.15, 0.2) is 0 Å². The fourth-order valence-corrected chi connectivity index (χ4v) is 1.88. The van der Waals surface area contributed by atoms with Gasteiger partial charge in [-0.3, -0.25) is 0 Å². The van der Waals surface area contributed by atoms with Crippen LogP contribution in [0.15, 0.2) is 24.3 Å². The number of benzene rings is 1. The zero-order chi connectivity index (χ0) is 11.5. The van der Waals surface area contributed by atoms with E-state index in [0.29, 0.717) is 18.7 Å². The number of aromatic nitrogens is 1. The predicted molar refractivity (Wildman–Crippen MR) is 62.4 cm³/mol. The van der Waals surface area contributed by atoms with Crippen LogP contribution >= 0.6 is 0 Å². The molecule has 0 aliphatic heterocycles. The topological polar surface area (TPSA) is 68.1 Å². The Morgan fingerprint density at radius 1 is 1.44 bits per heavy atom. The lowest BCUT2D eigenvalue weighted by molar-refractivity contribution is 0.0594. The summed E-state index contributed by atoms with van der Waals surface area (Å²) in [6, 6.07) is 7.77. The Balaban J connectivity index is 2.62. The van der Waals surface area contributed by atoms with Crippen molar-refractivity contribution in [2.45, 2.75) is 6.42 Å². The maximum absolute atomic E-state index is 11.6. The average molecular weight is 218 g/mol. The van der Waals surface area contributed by atoms with Gasteiger partial charge in [-0.05, 0) is 24.6 Å². The molecule has 0 saturated carbocycles. The van der Waals surface area contributed by atoms with Gasteiger partial charge in [0.1, 0.15) is 5.69 Å². The van der Waals surface area contributed by atoms with Gasteiger partial charge < -0.3 is 15.5 Å². The van der Waals surface area contributed by atoms with Crippen LogP contribution in [-0.2, 0) is 11.2 Å². The summed E-state index contributed by atoms with van der Waals surface area (Å²) in [6.45, 7) is 0.506. The van der Waals surface area contributed by atoms with E-state index < -0.39 is 0 Å². The van der Waals surface area contributed by atoms with Crippen LogP contribution in [0.3, 0.4) is 0 Å². The van der Waals surface area contributed by atoms with Crippen LogP contribution in [0.5, 0.6) is 0 Å². The number of rotatable bonds is 3. The monoisotopic (exact) mass is 218 g/mol. The Kier molecular flexibility index (Phi) is 2.92. The zero-order valence-electron chi connectivity index (χ0n) is 9.12. The van der Waals surface area contributed by atoms with Gasteiger partial charge >= 0.3 is 5.97 Å². The molecule has 0 fully saturated rings. The lowest BCUT2D eigenvalue weighted by Gasteiger charge is -2.00. The number of carbonyl (C=O) groups is 1. The molecule has 4 heteroatoms. The first kappa shape index (κ1) is 10.7. The maximum Gasteiger partial charge on any atom is 0.354 e. The zero-order valence-corrected chi connectivity index (χ0v) is 9.12. The van der Waals surface area contributed by atoms with Gasteiger partial charge in [0.05, 0.1) is 7.11 Å². The highest BCUT2D eigenvalue weighted by molar-refractivity contribution is 5.98. The van der Waals surface area contributed by atoms with Gasteiger partial charge in [0, 0.05) is 10.9 Å². The van der Waals surface area contributed by atoms with Gasteiger partial charge in [0.2, 0.25) is 0 Å². The van der Waals surface area contributed by atoms with E-state index in [1.54, 1.807) is 0 Å². The van der Waals surface area contributed by atoms with Crippen molar-refractivity contribution in [2.24, 2.45) is 5.73 Å². The Labute approximate surface area is 93.4 Å². The predicted octanol–water partition coefficient (Wildman–Crippen LogP) is 1.46. The van der Waals surface area contributed by atoms with Crippen molar-refractivity contribution in [3.05, 3.63) is 35.5 Å². The van der Waals surface area contributed by atoms with E-state index in [9.17, 15) is 4.79 Å². The summed E-state index contributed by atoms with van der Waals surface area (Å²) in [5.41, 5.74) is 7.94. The summed E-state index contributed by atoms with van der Waals surface area (Å²) < 4.78 is 4.74. The van der Waals surface area contributed by atoms with Crippen molar-refractivity contribution in [1.29, 1.82) is 0 Å². The molecule has 16 heavy (non-hydrogen) atoms. The Hall–Kier alpha value is -1.81. The van der Waals surface area contributed by atoms with Gasteiger partial charge in [-0.15, -0.1) is 0 Å². The number of fused-ring (bicyclic) bond motifs is 1. The van der Waals surface area contributed by atoms with Crippen LogP contribution in [0.4, 0.5) is 0 Å². The summed E-state index contributed by atoms with van der Waals surface area (Å²) in [7, 11) is 1.38. The second-order valence-corrected chi connectivity index (χ2v) is 3.55. The smallest absolute Gasteiger partial charge is 0.354 e. The minimum Gasteiger partial charge on any atom is -0.464 e. The molecule has 2 aromatic rings. The maximum atomic E-state index is 11.6. The normalized spacial score (nSPS) is 10.6. The molecule has 0 atom stereocenters. The molecule has 0 unspecified atom stereocenters. The number of ether oxygens (including phenoxy) is 1. The molecule has 1 aromatic heterocycles. The number of methoxy groups -OCH3 is 1. The highest BCUT2D eigenvalue weighted by Crippen LogP contribution is 2.23. The van der Waals surface area contributed by atoms with E-state index in [-0.39, 0.29) is 5.97 Å². The number of nitrogens with two attached hydrogens (primary N) is 1. The first-order valence-corrected chi connectivity index (χ1v) is 5.16. The molecule has 1 aromatic carbocycles. The molecule has 0 aliphatic carbocycles. The largest absolute Gasteiger partial charge is 0.464 e. The Bertz CT molecular complexity index is 517. The van der Waals surface area contributed by atoms with E-state index in [1.807, 2.05) is 24.3 Å². The Morgan fingerprint density at radius 3 is 2.88 bits per heavy atom. The molecule has 1 heterocycles. The van der Waals surface area contributed by atoms with Gasteiger partial charge in [-0.25, -0.2) is 4.79 Å². The van der Waals surface area contributed by atoms with E-state index in [2.05, 4.69) is 4.98 Å². The molecule has 0 spiro atoms. The molecule has 0 saturated heterocycles. The van der Waals surface area contributed by atoms with Crippen LogP contribution in [0.1, 0.15) is 16.1 Å². The summed E-state index contributed by atoms with van der Waals surface area (Å²) in [4.78, 5) is 14.7. The van der Waals surface area contributed by atoms with E-state index >= 15 is 0 Å². The highest BCUT2D eigenvalue weighted by Gasteiger charge is 2.16. The van der Waals surface area contributed by atoms with Gasteiger partial charge in [-0.2, -0.15) is 0 Å². The second kappa shape index (κ2) is 4.37. The minimum atomic E-state index is -0.348. The third-order valence-corrected chi connectivity index (χ3v) is 2.60. The SMILES string of the molecule is COC(=O)c1[nH]c2ccccc2c1CCN. The molecule has 84 valence electrons. The van der Waals surface area contributed by atoms with Crippen molar-refractivity contribution in [2.75, 3.05) is 13.7 Å². The number of para-hydroxylation sites is 1. The lowest BCUT2D eigenvalue weighted by Crippen LogP contribution is -2.09. The van der Waals surface area contributed by atoms with Crippen LogP contribution in [-0.4, -0.2) is 24.6 Å². The van der Waals surface area contributed by atoms with Crippen molar-refractivity contribution in [3.63, 3.8) is 0 Å². The summed E-state index contributed by atoms with van der Waals surface area (Å²) in [5.74, 6) is -0.348. The number of esters is 1. The fourth-order valence-electron chi connectivity index (χ4n) is 1.88. The summed E-state index contributed by atoms with van der Waals surface area (Å²) in [5, 5.41) is 1.04. The molecule has 2 rings (SSSR count). The number of aromatic amines is 1. The van der Waals surface area contributed by atoms with E-state index in [4.69, 9.17) is 10.5 Å². The molecule has 0 aliphatic rings. The average Bonchev–Trinajstić information content (AvgIpc) is 2.68. The van der Waals surface area contributed by atoms with E-state index in [0.717, 1.165) is 16.5 Å². The number of carbonyl (C=O) groups excluding carboxylic acids is 1. The third kappa shape index (κ3) is 1.67. The molecule has 0 amide bonds. The first-order valence-electron chi connectivity index (χ1n) is 5.16. The quantitative estimate of drug-likeness (QED) is 0.766. The molecular weight excluding hydrogens is 204 g/mol. The number of hydrogen-bond acceptors (Lipinski definition) is 3. The molecule has 0 radical (unpaired) electrons. The van der Waals surface area contributed by atoms with Crippen molar-refractivity contribution in [3.8, 4) is 0 Å². The first-order chi connectivity index (χ1) is 7.77. The van der Waals surface area contributed by atoms with Crippen LogP contribution in [0.2, 0.25) is 0 Å². The number of nitrogens with one attached hydrogen (secondary N) is 1. The van der Waals surface area contributed by atoms with Crippen molar-refractivity contribution >= 4 is 16.9 Å². The summed E-state index contributed by atoms with van der Waals surface area (Å²) in [6.07, 6.45) is 0.661. The summed E-state index contributed by atoms with van der Waals surface area (Å²) >= 11 is 0. The molecule has 4 nitrogen and oxygen atoms in total. The number of H-pyrrole nitrogens is 1. The van der Waals surface area contributed by atoms with E-state index in [1.165, 1.54) is 7.11 Å². The standard InChI is InChI=1S/C12H14N2O2/c1-16-12(15)11-9(6-7-13)8-4-2-3-5-10(8)14-11/h2-5,14H,6-7,13H2,1H3. The lowest BCUT2D eigenvalue weighted by atomic mass is 10.1. The van der Waals surface area contributed by atoms with Crippen molar-refractivity contribution < 1.29 is 9.53 Å². The van der Waals surface area contributed by atoms with Crippen molar-refractivity contribution in [1.82, 2.24) is 4.98 Å². The highest BCUT2D eigenvalue weighted by atomic mass is 16.5. The second-order valence-electron chi connectivity index (χ2n) is 3.55. The van der Waals surface area contributed by atoms with Crippen LogP contribution < -0.4 is 5.73 Å². The minimum absolute atomic E-state index is 0.348. The third-order valence-electron chi connectivity index (χ3n) is 2.60. The molecular formula is C12H14N2O2. The van der Waals surface area contributed by atoms with Crippen LogP contribution in [0, 0.1) is 0 Å². The molecule has 0 bridgehead atoms. The number of hydrogen-bond donors (Lipinski definition) is 2. The van der Waals surface area contributed by atoms with Gasteiger partial charge in [0.25, 0.3) is 0 Å². The molecule has 3 N–H and O–H groups in total. The van der Waals surface area contributed by atoms with Gasteiger partial charge in [-0.1, -0.05) is 18.2 Å².